The molecule has 1 aliphatic rings. The van der Waals surface area contributed by atoms with Gasteiger partial charge in [0.2, 0.25) is 0 Å². The van der Waals surface area contributed by atoms with Gasteiger partial charge >= 0.3 is 0 Å². The summed E-state index contributed by atoms with van der Waals surface area (Å²) < 4.78 is 2.03. The molecular weight excluding hydrogens is 292 g/mol. The fourth-order valence-electron chi connectivity index (χ4n) is 2.70. The third-order valence-electron chi connectivity index (χ3n) is 3.82. The lowest BCUT2D eigenvalue weighted by Crippen LogP contribution is -3.10. The minimum atomic E-state index is 0.563. The van der Waals surface area contributed by atoms with E-state index >= 15 is 0 Å². The highest BCUT2D eigenvalue weighted by Crippen LogP contribution is 2.20. The number of benzene rings is 1. The lowest BCUT2D eigenvalue weighted by atomic mass is 10.2. The van der Waals surface area contributed by atoms with E-state index in [1.807, 2.05) is 28.8 Å². The van der Waals surface area contributed by atoms with Crippen molar-refractivity contribution in [3.05, 3.63) is 29.3 Å². The molecule has 1 saturated heterocycles. The third kappa shape index (κ3) is 2.95. The van der Waals surface area contributed by atoms with E-state index in [1.165, 1.54) is 25.9 Å². The van der Waals surface area contributed by atoms with Gasteiger partial charge in [-0.15, -0.1) is 5.10 Å². The molecule has 0 saturated carbocycles. The Kier molecular flexibility index (Phi) is 4.19. The Labute approximate surface area is 129 Å². The summed E-state index contributed by atoms with van der Waals surface area (Å²) in [4.78, 5) is 1.65. The average Bonchev–Trinajstić information content (AvgIpc) is 3.07. The van der Waals surface area contributed by atoms with E-state index in [9.17, 15) is 0 Å². The summed E-state index contributed by atoms with van der Waals surface area (Å²) in [6, 6.07) is 7.65. The van der Waals surface area contributed by atoms with E-state index in [-0.39, 0.29) is 0 Å². The Bertz CT molecular complexity index is 575. The topological polar surface area (TPSA) is 35.1 Å². The van der Waals surface area contributed by atoms with Crippen molar-refractivity contribution in [2.24, 2.45) is 0 Å². The van der Waals surface area contributed by atoms with Crippen LogP contribution in [0.4, 0.5) is 0 Å². The standard InChI is InChI=1S/C14H17ClN4S/c15-12-5-3-11(4-6-12)13-16-17-14(20)19(13)10-9-18-7-1-2-8-18/h3-6H,1-2,7-10H2,(H,17,20). The molecule has 0 atom stereocenters. The smallest absolute Gasteiger partial charge is 0.162 e. The Morgan fingerprint density at radius 3 is 2.55 bits per heavy atom. The van der Waals surface area contributed by atoms with Crippen LogP contribution in [0.5, 0.6) is 0 Å². The van der Waals surface area contributed by atoms with Gasteiger partial charge in [-0.05, 0) is 24.3 Å². The molecule has 4 nitrogen and oxygen atoms in total. The highest BCUT2D eigenvalue weighted by Gasteiger charge is 2.16. The predicted octanol–water partition coefficient (Wildman–Crippen LogP) is 1.18. The molecule has 0 spiro atoms. The molecule has 0 aliphatic carbocycles. The number of nitrogens with zero attached hydrogens (tertiary/aromatic N) is 3. The van der Waals surface area contributed by atoms with Gasteiger partial charge in [-0.2, -0.15) is 5.10 Å². The van der Waals surface area contributed by atoms with Gasteiger partial charge in [0.15, 0.2) is 5.82 Å². The van der Waals surface area contributed by atoms with E-state index in [0.717, 1.165) is 29.5 Å². The predicted molar refractivity (Wildman–Crippen MR) is 80.9 cm³/mol. The molecule has 1 aliphatic heterocycles. The van der Waals surface area contributed by atoms with Gasteiger partial charge in [0.25, 0.3) is 0 Å². The Morgan fingerprint density at radius 2 is 1.85 bits per heavy atom. The largest absolute Gasteiger partial charge is 0.740 e. The molecule has 2 aromatic rings. The second-order valence-corrected chi connectivity index (χ2v) is 5.97. The minimum Gasteiger partial charge on any atom is -0.740 e. The normalized spacial score (nSPS) is 15.8. The Hall–Kier alpha value is -1.17. The maximum Gasteiger partial charge on any atom is 0.162 e. The van der Waals surface area contributed by atoms with Crippen LogP contribution in [-0.4, -0.2) is 34.4 Å². The molecule has 0 amide bonds. The summed E-state index contributed by atoms with van der Waals surface area (Å²) in [7, 11) is 0. The Balaban J connectivity index is 1.79. The minimum absolute atomic E-state index is 0.563. The zero-order chi connectivity index (χ0) is 13.9. The summed E-state index contributed by atoms with van der Waals surface area (Å²) in [5.74, 6) is 0.838. The second-order valence-electron chi connectivity index (χ2n) is 5.17. The van der Waals surface area contributed by atoms with Gasteiger partial charge in [0.1, 0.15) is 0 Å². The zero-order valence-electron chi connectivity index (χ0n) is 11.2. The van der Waals surface area contributed by atoms with Gasteiger partial charge in [0.05, 0.1) is 26.2 Å². The van der Waals surface area contributed by atoms with Gasteiger partial charge in [0, 0.05) is 28.6 Å². The summed E-state index contributed by atoms with van der Waals surface area (Å²) in [6.07, 6.45) is 2.67. The number of hydrogen-bond donors (Lipinski definition) is 1. The second kappa shape index (κ2) is 6.08. The van der Waals surface area contributed by atoms with Crippen LogP contribution in [0.25, 0.3) is 11.4 Å². The monoisotopic (exact) mass is 308 g/mol. The van der Waals surface area contributed by atoms with Gasteiger partial charge in [-0.3, -0.25) is 0 Å². The van der Waals surface area contributed by atoms with Gasteiger partial charge < -0.3 is 22.1 Å². The van der Waals surface area contributed by atoms with Gasteiger partial charge in [-0.1, -0.05) is 11.6 Å². The van der Waals surface area contributed by atoms with Crippen molar-refractivity contribution >= 4 is 24.2 Å². The molecule has 1 aromatic carbocycles. The number of rotatable bonds is 4. The average molecular weight is 309 g/mol. The fourth-order valence-corrected chi connectivity index (χ4v) is 3.04. The van der Waals surface area contributed by atoms with Crippen molar-refractivity contribution in [2.75, 3.05) is 19.6 Å². The van der Waals surface area contributed by atoms with Crippen LogP contribution in [0.15, 0.2) is 29.4 Å². The summed E-state index contributed by atoms with van der Waals surface area (Å²) in [5.41, 5.74) is 1.01. The zero-order valence-corrected chi connectivity index (χ0v) is 12.8. The van der Waals surface area contributed by atoms with E-state index < -0.39 is 0 Å². The molecular formula is C14H17ClN4S. The molecule has 20 heavy (non-hydrogen) atoms. The molecule has 0 bridgehead atoms. The van der Waals surface area contributed by atoms with Gasteiger partial charge in [-0.25, -0.2) is 0 Å². The van der Waals surface area contributed by atoms with Crippen molar-refractivity contribution < 1.29 is 4.90 Å². The first-order chi connectivity index (χ1) is 9.74. The molecule has 6 heteroatoms. The first-order valence-corrected chi connectivity index (χ1v) is 7.72. The number of likely N-dealkylation sites (tertiary alicyclic amines) is 1. The highest BCUT2D eigenvalue weighted by atomic mass is 35.5. The third-order valence-corrected chi connectivity index (χ3v) is 4.37. The van der Waals surface area contributed by atoms with Crippen LogP contribution in [0.3, 0.4) is 0 Å². The van der Waals surface area contributed by atoms with E-state index in [4.69, 9.17) is 24.2 Å². The van der Waals surface area contributed by atoms with Crippen LogP contribution < -0.4 is 4.90 Å². The number of hydrogen-bond acceptors (Lipinski definition) is 3. The van der Waals surface area contributed by atoms with Crippen LogP contribution in [-0.2, 0) is 19.2 Å². The molecule has 2 heterocycles. The molecule has 0 radical (unpaired) electrons. The first kappa shape index (κ1) is 13.8. The van der Waals surface area contributed by atoms with Crippen molar-refractivity contribution in [2.45, 2.75) is 24.5 Å². The van der Waals surface area contributed by atoms with Crippen molar-refractivity contribution in [1.29, 1.82) is 0 Å². The fraction of sp³-hybridized carbons (Fsp3) is 0.429. The van der Waals surface area contributed by atoms with Crippen LogP contribution in [0.1, 0.15) is 12.8 Å². The molecule has 3 rings (SSSR count). The molecule has 1 fully saturated rings. The molecule has 106 valence electrons. The molecule has 1 N–H and O–H groups in total. The number of quaternary nitrogens is 1. The Morgan fingerprint density at radius 1 is 1.15 bits per heavy atom. The van der Waals surface area contributed by atoms with Crippen LogP contribution in [0, 0.1) is 0 Å². The van der Waals surface area contributed by atoms with Crippen molar-refractivity contribution in [1.82, 2.24) is 14.8 Å². The van der Waals surface area contributed by atoms with E-state index in [0.29, 0.717) is 5.16 Å². The highest BCUT2D eigenvalue weighted by molar-refractivity contribution is 7.58. The molecule has 1 aromatic heterocycles. The van der Waals surface area contributed by atoms with E-state index in [1.54, 1.807) is 4.90 Å². The first-order valence-electron chi connectivity index (χ1n) is 6.94. The van der Waals surface area contributed by atoms with Crippen molar-refractivity contribution in [3.8, 4) is 11.4 Å². The number of nitrogens with one attached hydrogen (secondary N) is 1. The summed E-state index contributed by atoms with van der Waals surface area (Å²) in [6.45, 7) is 4.50. The van der Waals surface area contributed by atoms with Crippen LogP contribution in [0.2, 0.25) is 5.02 Å². The van der Waals surface area contributed by atoms with Crippen molar-refractivity contribution in [3.63, 3.8) is 0 Å². The summed E-state index contributed by atoms with van der Waals surface area (Å²) >= 11 is 11.2. The molecule has 0 unspecified atom stereocenters. The maximum atomic E-state index is 5.92. The van der Waals surface area contributed by atoms with E-state index in [2.05, 4.69) is 10.2 Å². The maximum absolute atomic E-state index is 5.92. The lowest BCUT2D eigenvalue weighted by molar-refractivity contribution is -0.888. The number of aromatic nitrogens is 3. The van der Waals surface area contributed by atoms with Crippen LogP contribution >= 0.6 is 11.6 Å². The quantitative estimate of drug-likeness (QED) is 0.862. The number of halogens is 1. The summed E-state index contributed by atoms with van der Waals surface area (Å²) in [5, 5.41) is 9.55. The SMILES string of the molecule is [S-]c1nnc(-c2ccc(Cl)cc2)n1CC[NH+]1CCCC1. The lowest BCUT2D eigenvalue weighted by Gasteiger charge is -2.16.